The van der Waals surface area contributed by atoms with Crippen molar-refractivity contribution in [2.45, 2.75) is 26.2 Å². The lowest BCUT2D eigenvalue weighted by molar-refractivity contribution is 0.515. The van der Waals surface area contributed by atoms with Crippen molar-refractivity contribution in [2.75, 3.05) is 0 Å². The summed E-state index contributed by atoms with van der Waals surface area (Å²) in [6, 6.07) is 0. The summed E-state index contributed by atoms with van der Waals surface area (Å²) in [5.74, 6) is 1.27. The molecule has 0 aliphatic heterocycles. The van der Waals surface area contributed by atoms with Gasteiger partial charge >= 0.3 is 0 Å². The number of allylic oxidation sites excluding steroid dienone is 5. The third-order valence-electron chi connectivity index (χ3n) is 2.51. The van der Waals surface area contributed by atoms with Crippen LogP contribution in [0.5, 0.6) is 0 Å². The Hall–Kier alpha value is -0.780. The van der Waals surface area contributed by atoms with Crippen LogP contribution in [0.4, 0.5) is 0 Å². The van der Waals surface area contributed by atoms with Gasteiger partial charge in [-0.2, -0.15) is 0 Å². The van der Waals surface area contributed by atoms with Gasteiger partial charge in [0.25, 0.3) is 0 Å². The molecule has 1 rings (SSSR count). The van der Waals surface area contributed by atoms with Crippen LogP contribution in [0.1, 0.15) is 26.2 Å². The van der Waals surface area contributed by atoms with E-state index in [-0.39, 0.29) is 0 Å². The minimum absolute atomic E-state index is 0.601. The molecule has 0 amide bonds. The summed E-state index contributed by atoms with van der Waals surface area (Å²) in [5.41, 5.74) is 0. The van der Waals surface area contributed by atoms with Gasteiger partial charge in [0.15, 0.2) is 0 Å². The molecule has 0 nitrogen and oxygen atoms in total. The molecule has 0 saturated heterocycles. The zero-order valence-electron chi connectivity index (χ0n) is 7.87. The van der Waals surface area contributed by atoms with E-state index < -0.39 is 0 Å². The van der Waals surface area contributed by atoms with Crippen molar-refractivity contribution in [3.63, 3.8) is 0 Å². The quantitative estimate of drug-likeness (QED) is 0.543. The van der Waals surface area contributed by atoms with Crippen LogP contribution in [0.25, 0.3) is 0 Å². The first-order chi connectivity index (χ1) is 5.84. The van der Waals surface area contributed by atoms with Gasteiger partial charge < -0.3 is 0 Å². The van der Waals surface area contributed by atoms with Crippen molar-refractivity contribution in [3.8, 4) is 0 Å². The van der Waals surface area contributed by atoms with Gasteiger partial charge in [0.1, 0.15) is 0 Å². The Morgan fingerprint density at radius 3 is 2.83 bits per heavy atom. The molecule has 0 radical (unpaired) electrons. The number of hydrogen-bond acceptors (Lipinski definition) is 0. The van der Waals surface area contributed by atoms with E-state index in [2.05, 4.69) is 37.8 Å². The summed E-state index contributed by atoms with van der Waals surface area (Å²) in [4.78, 5) is 0. The van der Waals surface area contributed by atoms with Gasteiger partial charge in [-0.1, -0.05) is 37.3 Å². The van der Waals surface area contributed by atoms with Crippen LogP contribution in [0, 0.1) is 11.8 Å². The van der Waals surface area contributed by atoms with E-state index in [4.69, 9.17) is 0 Å². The smallest absolute Gasteiger partial charge is 0.0139 e. The second kappa shape index (κ2) is 4.97. The van der Waals surface area contributed by atoms with Gasteiger partial charge in [-0.05, 0) is 31.1 Å². The Morgan fingerprint density at radius 2 is 2.08 bits per heavy atom. The Kier molecular flexibility index (Phi) is 3.86. The highest BCUT2D eigenvalue weighted by Crippen LogP contribution is 2.20. The van der Waals surface area contributed by atoms with Crippen molar-refractivity contribution in [1.29, 1.82) is 0 Å². The first kappa shape index (κ1) is 9.31. The highest BCUT2D eigenvalue weighted by Gasteiger charge is 2.09. The average Bonchev–Trinajstić information content (AvgIpc) is 2.02. The molecule has 0 N–H and O–H groups in total. The van der Waals surface area contributed by atoms with Gasteiger partial charge in [-0.25, -0.2) is 0 Å². The fourth-order valence-corrected chi connectivity index (χ4v) is 1.48. The first-order valence-electron chi connectivity index (χ1n) is 4.79. The van der Waals surface area contributed by atoms with Gasteiger partial charge in [-0.3, -0.25) is 0 Å². The molecular weight excluding hydrogens is 144 g/mol. The first-order valence-corrected chi connectivity index (χ1v) is 4.79. The molecule has 1 aliphatic rings. The Bertz CT molecular complexity index is 186. The topological polar surface area (TPSA) is 0 Å². The fourth-order valence-electron chi connectivity index (χ4n) is 1.48. The van der Waals surface area contributed by atoms with Crippen LogP contribution in [-0.4, -0.2) is 0 Å². The fraction of sp³-hybridized carbons (Fsp3) is 0.500. The summed E-state index contributed by atoms with van der Waals surface area (Å²) < 4.78 is 0. The molecule has 66 valence electrons. The van der Waals surface area contributed by atoms with Crippen molar-refractivity contribution in [3.05, 3.63) is 37.0 Å². The maximum Gasteiger partial charge on any atom is -0.0139 e. The van der Waals surface area contributed by atoms with Crippen LogP contribution in [0.2, 0.25) is 0 Å². The van der Waals surface area contributed by atoms with E-state index in [1.807, 2.05) is 6.08 Å². The van der Waals surface area contributed by atoms with E-state index in [0.717, 1.165) is 0 Å². The second-order valence-electron chi connectivity index (χ2n) is 3.47. The third kappa shape index (κ3) is 2.69. The molecule has 0 heteroatoms. The second-order valence-corrected chi connectivity index (χ2v) is 3.47. The van der Waals surface area contributed by atoms with Crippen molar-refractivity contribution in [2.24, 2.45) is 11.8 Å². The highest BCUT2D eigenvalue weighted by atomic mass is 14.1. The molecule has 0 bridgehead atoms. The summed E-state index contributed by atoms with van der Waals surface area (Å²) in [6.45, 7) is 6.07. The van der Waals surface area contributed by atoms with Gasteiger partial charge in [-0.15, -0.1) is 6.58 Å². The Labute approximate surface area is 75.7 Å². The summed E-state index contributed by atoms with van der Waals surface area (Å²) in [6.07, 6.45) is 14.8. The standard InChI is InChI=1S/C12H18/c1-3-11(2)12-9-7-5-4-6-8-10-12/h3,5,7-8,10-12H,1,4,6,9H2,2H3/b7-5-,10-8-. The van der Waals surface area contributed by atoms with E-state index in [9.17, 15) is 0 Å². The molecule has 0 aromatic heterocycles. The molecule has 0 saturated carbocycles. The Balaban J connectivity index is 2.55. The number of rotatable bonds is 2. The van der Waals surface area contributed by atoms with Crippen LogP contribution >= 0.6 is 0 Å². The molecule has 2 atom stereocenters. The van der Waals surface area contributed by atoms with Gasteiger partial charge in [0.2, 0.25) is 0 Å². The van der Waals surface area contributed by atoms with Gasteiger partial charge in [0, 0.05) is 0 Å². The van der Waals surface area contributed by atoms with E-state index >= 15 is 0 Å². The van der Waals surface area contributed by atoms with E-state index in [0.29, 0.717) is 11.8 Å². The molecule has 1 aliphatic carbocycles. The molecule has 0 aromatic rings. The average molecular weight is 162 g/mol. The van der Waals surface area contributed by atoms with Crippen molar-refractivity contribution < 1.29 is 0 Å². The summed E-state index contributed by atoms with van der Waals surface area (Å²) >= 11 is 0. The molecular formula is C12H18. The SMILES string of the molecule is C=CC(C)C1/C=C\CC/C=C\C1. The van der Waals surface area contributed by atoms with Crippen LogP contribution in [0.15, 0.2) is 37.0 Å². The lowest BCUT2D eigenvalue weighted by atomic mass is 9.89. The summed E-state index contributed by atoms with van der Waals surface area (Å²) in [5, 5.41) is 0. The minimum atomic E-state index is 0.601. The molecule has 12 heavy (non-hydrogen) atoms. The van der Waals surface area contributed by atoms with Crippen LogP contribution in [-0.2, 0) is 0 Å². The summed E-state index contributed by atoms with van der Waals surface area (Å²) in [7, 11) is 0. The maximum absolute atomic E-state index is 3.83. The monoisotopic (exact) mass is 162 g/mol. The molecule has 0 aromatic carbocycles. The molecule has 2 unspecified atom stereocenters. The van der Waals surface area contributed by atoms with E-state index in [1.165, 1.54) is 19.3 Å². The minimum Gasteiger partial charge on any atom is -0.103 e. The normalized spacial score (nSPS) is 31.2. The van der Waals surface area contributed by atoms with Crippen molar-refractivity contribution in [1.82, 2.24) is 0 Å². The Morgan fingerprint density at radius 1 is 1.33 bits per heavy atom. The highest BCUT2D eigenvalue weighted by molar-refractivity contribution is 5.02. The zero-order valence-corrected chi connectivity index (χ0v) is 7.87. The van der Waals surface area contributed by atoms with Crippen molar-refractivity contribution >= 4 is 0 Å². The predicted molar refractivity (Wildman–Crippen MR) is 55.0 cm³/mol. The largest absolute Gasteiger partial charge is 0.103 e. The predicted octanol–water partition coefficient (Wildman–Crippen LogP) is 3.72. The molecule has 0 fully saturated rings. The zero-order chi connectivity index (χ0) is 8.81. The molecule has 0 spiro atoms. The lowest BCUT2D eigenvalue weighted by Crippen LogP contribution is -2.05. The van der Waals surface area contributed by atoms with Crippen LogP contribution in [0.3, 0.4) is 0 Å². The van der Waals surface area contributed by atoms with E-state index in [1.54, 1.807) is 0 Å². The number of hydrogen-bond donors (Lipinski definition) is 0. The maximum atomic E-state index is 3.83. The van der Waals surface area contributed by atoms with Crippen LogP contribution < -0.4 is 0 Å². The third-order valence-corrected chi connectivity index (χ3v) is 2.51. The molecule has 0 heterocycles. The van der Waals surface area contributed by atoms with Gasteiger partial charge in [0.05, 0.1) is 0 Å². The lowest BCUT2D eigenvalue weighted by Gasteiger charge is -2.16.